The quantitative estimate of drug-likeness (QED) is 0.0364. The highest BCUT2D eigenvalue weighted by Crippen LogP contribution is 2.56. The van der Waals surface area contributed by atoms with Crippen LogP contribution in [0.15, 0.2) is 126 Å². The molecule has 64 heavy (non-hydrogen) atoms. The summed E-state index contributed by atoms with van der Waals surface area (Å²) in [6.07, 6.45) is -1.48. The van der Waals surface area contributed by atoms with Crippen LogP contribution in [0.3, 0.4) is 0 Å². The van der Waals surface area contributed by atoms with E-state index in [2.05, 4.69) is 50.2 Å². The van der Waals surface area contributed by atoms with Crippen LogP contribution in [0.5, 0.6) is 11.5 Å². The van der Waals surface area contributed by atoms with E-state index in [0.29, 0.717) is 29.2 Å². The highest BCUT2D eigenvalue weighted by Gasteiger charge is 2.54. The van der Waals surface area contributed by atoms with Gasteiger partial charge in [-0.2, -0.15) is 10.2 Å². The minimum Gasteiger partial charge on any atom is -0.497 e. The van der Waals surface area contributed by atoms with Crippen LogP contribution in [0, 0.1) is 11.3 Å². The Kier molecular flexibility index (Phi) is 16.2. The van der Waals surface area contributed by atoms with E-state index in [0.717, 1.165) is 16.7 Å². The maximum atomic E-state index is 14.2. The number of nitrogens with one attached hydrogen (secondary N) is 1. The van der Waals surface area contributed by atoms with Gasteiger partial charge in [0.1, 0.15) is 41.2 Å². The van der Waals surface area contributed by atoms with E-state index in [1.54, 1.807) is 62.1 Å². The van der Waals surface area contributed by atoms with Crippen molar-refractivity contribution >= 4 is 38.9 Å². The number of benzene rings is 4. The molecule has 1 fully saturated rings. The van der Waals surface area contributed by atoms with Crippen LogP contribution >= 0.6 is 18.9 Å². The van der Waals surface area contributed by atoms with Crippen LogP contribution in [0.25, 0.3) is 0 Å². The molecule has 13 nitrogen and oxygen atoms in total. The summed E-state index contributed by atoms with van der Waals surface area (Å²) < 4.78 is 43.5. The summed E-state index contributed by atoms with van der Waals surface area (Å²) in [6, 6.07) is 38.1. The first-order valence-corrected chi connectivity index (χ1v) is 26.7. The molecule has 1 aliphatic rings. The number of anilines is 1. The molecule has 5 aromatic rings. The molecular formula is C48H58N5O8PSSi. The zero-order chi connectivity index (χ0) is 46.1. The van der Waals surface area contributed by atoms with Gasteiger partial charge in [0.15, 0.2) is 22.0 Å². The molecule has 6 rings (SSSR count). The summed E-state index contributed by atoms with van der Waals surface area (Å²) in [5.74, 6) is 1.64. The number of aromatic nitrogens is 2. The average molecular weight is 924 g/mol. The van der Waals surface area contributed by atoms with Gasteiger partial charge < -0.3 is 33.2 Å². The fraction of sp³-hybridized carbons (Fsp3) is 0.375. The number of ether oxygens (including phenoxy) is 4. The first-order valence-electron chi connectivity index (χ1n) is 21.0. The van der Waals surface area contributed by atoms with Gasteiger partial charge in [-0.3, -0.25) is 14.0 Å². The average Bonchev–Trinajstić information content (AvgIpc) is 3.61. The SMILES string of the molecule is COc1ccc(C(OC[C@H]2O[C@@H](n3ccc(NC(=O)c4ccccc4)nc3=O)[C@H](O[Si](C)(C)C(C)(C)C)[C@@H]2OP(SCCC#N)N(C)C)(c2ccccc2)c2ccc(OC)cc2)cc1. The summed E-state index contributed by atoms with van der Waals surface area (Å²) >= 11 is 1.56. The van der Waals surface area contributed by atoms with Crippen LogP contribution < -0.4 is 20.5 Å². The Morgan fingerprint density at radius 2 is 1.44 bits per heavy atom. The molecular weight excluding hydrogens is 866 g/mol. The van der Waals surface area contributed by atoms with E-state index in [4.69, 9.17) is 27.9 Å². The highest BCUT2D eigenvalue weighted by molar-refractivity contribution is 8.53. The van der Waals surface area contributed by atoms with Gasteiger partial charge >= 0.3 is 5.69 Å². The Hall–Kier alpha value is -4.88. The predicted octanol–water partition coefficient (Wildman–Crippen LogP) is 9.63. The number of hydrogen-bond acceptors (Lipinski definition) is 12. The molecule has 0 bridgehead atoms. The second kappa shape index (κ2) is 21.4. The van der Waals surface area contributed by atoms with Crippen molar-refractivity contribution in [2.75, 3.05) is 46.0 Å². The monoisotopic (exact) mass is 923 g/mol. The normalized spacial score (nSPS) is 18.3. The first-order chi connectivity index (χ1) is 30.6. The van der Waals surface area contributed by atoms with E-state index in [-0.39, 0.29) is 17.5 Å². The summed E-state index contributed by atoms with van der Waals surface area (Å²) in [7, 11) is 3.17. The van der Waals surface area contributed by atoms with Gasteiger partial charge in [0.05, 0.1) is 26.9 Å². The van der Waals surface area contributed by atoms with Crippen LogP contribution in [-0.2, 0) is 24.0 Å². The van der Waals surface area contributed by atoms with Crippen molar-refractivity contribution in [2.45, 2.75) is 75.5 Å². The Morgan fingerprint density at radius 1 is 0.875 bits per heavy atom. The Morgan fingerprint density at radius 3 is 1.95 bits per heavy atom. The van der Waals surface area contributed by atoms with E-state index in [1.807, 2.05) is 104 Å². The minimum atomic E-state index is -2.62. The largest absolute Gasteiger partial charge is 0.497 e. The standard InChI is InChI=1S/C48H58N5O8PSSi/c1-47(2,3)64(8,9)61-43-42(60-62(52(4)5)63-32-16-30-49)40(59-45(43)53-31-29-41(51-46(53)55)50-44(54)34-17-12-10-13-18-34)33-58-48(35-19-14-11-15-20-35,36-21-25-38(56-6)26-22-36)37-23-27-39(57-7)28-24-37/h10-15,17-29,31,40,42-43,45H,16,32-33H2,1-9H3,(H,50,51,54,55)/t40-,42-,43-,45-,62?/m1/s1. The molecule has 0 saturated carbocycles. The molecule has 1 N–H and O–H groups in total. The number of hydrogen-bond donors (Lipinski definition) is 1. The number of nitrogens with zero attached hydrogens (tertiary/aromatic N) is 4. The third kappa shape index (κ3) is 11.1. The fourth-order valence-corrected chi connectivity index (χ4v) is 11.6. The van der Waals surface area contributed by atoms with Gasteiger partial charge in [0, 0.05) is 23.9 Å². The second-order valence-corrected chi connectivity index (χ2v) is 25.6. The molecule has 1 aromatic heterocycles. The maximum Gasteiger partial charge on any atom is 0.351 e. The van der Waals surface area contributed by atoms with Crippen LogP contribution in [-0.4, -0.2) is 87.4 Å². The fourth-order valence-electron chi connectivity index (χ4n) is 7.09. The zero-order valence-corrected chi connectivity index (χ0v) is 40.6. The molecule has 0 spiro atoms. The van der Waals surface area contributed by atoms with Crippen molar-refractivity contribution < 1.29 is 32.7 Å². The molecule has 4 aromatic carbocycles. The van der Waals surface area contributed by atoms with Gasteiger partial charge in [-0.25, -0.2) is 4.79 Å². The molecule has 1 saturated heterocycles. The van der Waals surface area contributed by atoms with Crippen molar-refractivity contribution in [1.82, 2.24) is 14.2 Å². The number of nitriles is 1. The molecule has 2 heterocycles. The molecule has 5 atom stereocenters. The first kappa shape index (κ1) is 48.6. The van der Waals surface area contributed by atoms with Gasteiger partial charge in [-0.1, -0.05) is 105 Å². The predicted molar refractivity (Wildman–Crippen MR) is 255 cm³/mol. The molecule has 338 valence electrons. The molecule has 0 radical (unpaired) electrons. The lowest BCUT2D eigenvalue weighted by atomic mass is 9.80. The van der Waals surface area contributed by atoms with Gasteiger partial charge in [0.2, 0.25) is 0 Å². The van der Waals surface area contributed by atoms with E-state index >= 15 is 0 Å². The molecule has 16 heteroatoms. The topological polar surface area (TPSA) is 146 Å². The summed E-state index contributed by atoms with van der Waals surface area (Å²) in [5, 5.41) is 12.0. The number of methoxy groups -OCH3 is 2. The van der Waals surface area contributed by atoms with Crippen molar-refractivity contribution in [1.29, 1.82) is 5.26 Å². The Labute approximate surface area is 382 Å². The van der Waals surface area contributed by atoms with Crippen molar-refractivity contribution in [3.63, 3.8) is 0 Å². The zero-order valence-electron chi connectivity index (χ0n) is 37.9. The van der Waals surface area contributed by atoms with Crippen LogP contribution in [0.2, 0.25) is 18.1 Å². The maximum absolute atomic E-state index is 14.2. The van der Waals surface area contributed by atoms with Crippen molar-refractivity contribution in [3.05, 3.63) is 154 Å². The summed E-state index contributed by atoms with van der Waals surface area (Å²) in [6.45, 7) is 10.7. The third-order valence-corrected chi connectivity index (χ3v) is 20.1. The van der Waals surface area contributed by atoms with E-state index in [9.17, 15) is 14.9 Å². The van der Waals surface area contributed by atoms with E-state index < -0.39 is 57.6 Å². The lowest BCUT2D eigenvalue weighted by Crippen LogP contribution is -2.50. The molecule has 1 amide bonds. The van der Waals surface area contributed by atoms with Crippen LogP contribution in [0.1, 0.15) is 60.5 Å². The highest BCUT2D eigenvalue weighted by atomic mass is 32.7. The van der Waals surface area contributed by atoms with Gasteiger partial charge in [0.25, 0.3) is 5.91 Å². The Bertz CT molecular complexity index is 2350. The van der Waals surface area contributed by atoms with Gasteiger partial charge in [-0.15, -0.1) is 0 Å². The van der Waals surface area contributed by atoms with Gasteiger partial charge in [-0.05, 0) is 91.4 Å². The lowest BCUT2D eigenvalue weighted by molar-refractivity contribution is -0.0932. The molecule has 1 aliphatic heterocycles. The number of carbonyl (C=O) groups is 1. The smallest absolute Gasteiger partial charge is 0.351 e. The molecule has 1 unspecified atom stereocenters. The molecule has 0 aliphatic carbocycles. The second-order valence-electron chi connectivity index (χ2n) is 16.9. The van der Waals surface area contributed by atoms with Crippen LogP contribution in [0.4, 0.5) is 5.82 Å². The van der Waals surface area contributed by atoms with Crippen molar-refractivity contribution in [2.24, 2.45) is 0 Å². The number of amides is 1. The van der Waals surface area contributed by atoms with E-state index in [1.165, 1.54) is 4.57 Å². The number of carbonyl (C=O) groups excluding carboxylic acids is 1. The third-order valence-electron chi connectivity index (χ3n) is 11.5. The van der Waals surface area contributed by atoms with Crippen molar-refractivity contribution in [3.8, 4) is 17.6 Å². The minimum absolute atomic E-state index is 0.0155. The summed E-state index contributed by atoms with van der Waals surface area (Å²) in [5.41, 5.74) is 1.13. The number of rotatable bonds is 19. The Balaban J connectivity index is 1.48. The lowest BCUT2D eigenvalue weighted by Gasteiger charge is -2.41. The summed E-state index contributed by atoms with van der Waals surface area (Å²) in [4.78, 5) is 31.6.